The van der Waals surface area contributed by atoms with E-state index in [0.717, 1.165) is 30.8 Å². The third-order valence-corrected chi connectivity index (χ3v) is 3.35. The van der Waals surface area contributed by atoms with Crippen LogP contribution < -0.4 is 15.5 Å². The van der Waals surface area contributed by atoms with Crippen LogP contribution in [0.15, 0.2) is 18.3 Å². The van der Waals surface area contributed by atoms with Gasteiger partial charge in [-0.1, -0.05) is 6.07 Å². The Morgan fingerprint density at radius 3 is 2.62 bits per heavy atom. The summed E-state index contributed by atoms with van der Waals surface area (Å²) in [6, 6.07) is 4.42. The first kappa shape index (κ1) is 15.8. The summed E-state index contributed by atoms with van der Waals surface area (Å²) in [4.78, 5) is 18.1. The van der Waals surface area contributed by atoms with E-state index in [0.29, 0.717) is 12.6 Å². The van der Waals surface area contributed by atoms with Gasteiger partial charge in [0.2, 0.25) is 5.91 Å². The zero-order chi connectivity index (χ0) is 15.5. The van der Waals surface area contributed by atoms with Crippen LogP contribution in [0.1, 0.15) is 39.2 Å². The molecule has 0 aliphatic heterocycles. The highest BCUT2D eigenvalue weighted by atomic mass is 16.2. The third kappa shape index (κ3) is 5.71. The van der Waals surface area contributed by atoms with Gasteiger partial charge in [-0.3, -0.25) is 4.79 Å². The molecule has 5 nitrogen and oxygen atoms in total. The van der Waals surface area contributed by atoms with Crippen LogP contribution in [0.2, 0.25) is 0 Å². The lowest BCUT2D eigenvalue weighted by Crippen LogP contribution is -2.36. The molecule has 1 amide bonds. The zero-order valence-corrected chi connectivity index (χ0v) is 13.4. The molecule has 0 atom stereocenters. The van der Waals surface area contributed by atoms with E-state index in [9.17, 15) is 4.79 Å². The highest BCUT2D eigenvalue weighted by molar-refractivity contribution is 5.81. The number of amides is 1. The summed E-state index contributed by atoms with van der Waals surface area (Å²) >= 11 is 0. The van der Waals surface area contributed by atoms with Crippen LogP contribution in [0, 0.1) is 0 Å². The van der Waals surface area contributed by atoms with Crippen LogP contribution in [0.4, 0.5) is 5.82 Å². The van der Waals surface area contributed by atoms with Crippen molar-refractivity contribution in [2.75, 3.05) is 18.5 Å². The Morgan fingerprint density at radius 1 is 1.38 bits per heavy atom. The minimum Gasteiger partial charge on any atom is -0.352 e. The molecule has 1 aromatic heterocycles. The number of likely N-dealkylation sites (N-methyl/N-ethyl adjacent to an activating group) is 1. The van der Waals surface area contributed by atoms with Gasteiger partial charge in [0.25, 0.3) is 0 Å². The first-order valence-corrected chi connectivity index (χ1v) is 7.54. The van der Waals surface area contributed by atoms with E-state index in [4.69, 9.17) is 0 Å². The van der Waals surface area contributed by atoms with Crippen molar-refractivity contribution >= 4 is 11.7 Å². The van der Waals surface area contributed by atoms with Gasteiger partial charge < -0.3 is 15.5 Å². The van der Waals surface area contributed by atoms with Gasteiger partial charge in [-0.2, -0.15) is 0 Å². The summed E-state index contributed by atoms with van der Waals surface area (Å²) in [5.41, 5.74) is 1.24. The number of carbonyl (C=O) groups excluding carboxylic acids is 1. The topological polar surface area (TPSA) is 57.3 Å². The molecule has 1 heterocycles. The molecule has 0 aromatic carbocycles. The Bertz CT molecular complexity index is 474. The Morgan fingerprint density at radius 2 is 2.10 bits per heavy atom. The highest BCUT2D eigenvalue weighted by Crippen LogP contribution is 2.18. The molecule has 2 N–H and O–H groups in total. The van der Waals surface area contributed by atoms with Gasteiger partial charge in [-0.25, -0.2) is 4.98 Å². The van der Waals surface area contributed by atoms with E-state index in [1.54, 1.807) is 0 Å². The summed E-state index contributed by atoms with van der Waals surface area (Å²) in [5, 5.41) is 6.41. The van der Waals surface area contributed by atoms with Crippen molar-refractivity contribution in [2.24, 2.45) is 0 Å². The van der Waals surface area contributed by atoms with E-state index < -0.39 is 0 Å². The standard InChI is InChI=1S/C16H26N4O/c1-16(2,3)18-10-12-5-8-14(17-9-12)20(4)11-15(21)19-13-6-7-13/h5,8-9,13,18H,6-7,10-11H2,1-4H3,(H,19,21). The van der Waals surface area contributed by atoms with E-state index in [-0.39, 0.29) is 11.4 Å². The van der Waals surface area contributed by atoms with Crippen molar-refractivity contribution in [1.82, 2.24) is 15.6 Å². The fourth-order valence-corrected chi connectivity index (χ4v) is 1.91. The Hall–Kier alpha value is -1.62. The predicted octanol–water partition coefficient (Wildman–Crippen LogP) is 1.68. The monoisotopic (exact) mass is 290 g/mol. The average Bonchev–Trinajstić information content (AvgIpc) is 3.19. The van der Waals surface area contributed by atoms with Crippen LogP contribution in [-0.4, -0.2) is 36.1 Å². The third-order valence-electron chi connectivity index (χ3n) is 3.35. The summed E-state index contributed by atoms with van der Waals surface area (Å²) in [6.45, 7) is 7.56. The number of nitrogens with one attached hydrogen (secondary N) is 2. The Kier molecular flexibility index (Phi) is 4.83. The van der Waals surface area contributed by atoms with Gasteiger partial charge in [-0.05, 0) is 45.2 Å². The number of hydrogen-bond acceptors (Lipinski definition) is 4. The predicted molar refractivity (Wildman–Crippen MR) is 85.3 cm³/mol. The lowest BCUT2D eigenvalue weighted by Gasteiger charge is -2.21. The maximum atomic E-state index is 11.8. The Balaban J connectivity index is 1.83. The van der Waals surface area contributed by atoms with E-state index in [2.05, 4.69) is 42.5 Å². The molecule has 0 radical (unpaired) electrons. The SMILES string of the molecule is CN(CC(=O)NC1CC1)c1ccc(CNC(C)(C)C)cn1. The smallest absolute Gasteiger partial charge is 0.239 e. The van der Waals surface area contributed by atoms with Crippen LogP contribution in [-0.2, 0) is 11.3 Å². The minimum absolute atomic E-state index is 0.0697. The Labute approximate surface area is 127 Å². The van der Waals surface area contributed by atoms with Crippen molar-refractivity contribution in [3.8, 4) is 0 Å². The second kappa shape index (κ2) is 6.43. The van der Waals surface area contributed by atoms with Crippen LogP contribution >= 0.6 is 0 Å². The molecule has 0 spiro atoms. The van der Waals surface area contributed by atoms with Crippen molar-refractivity contribution in [3.05, 3.63) is 23.9 Å². The van der Waals surface area contributed by atoms with Crippen molar-refractivity contribution in [1.29, 1.82) is 0 Å². The number of hydrogen-bond donors (Lipinski definition) is 2. The van der Waals surface area contributed by atoms with Crippen LogP contribution in [0.5, 0.6) is 0 Å². The summed E-state index contributed by atoms with van der Waals surface area (Å²) < 4.78 is 0. The van der Waals surface area contributed by atoms with Crippen LogP contribution in [0.3, 0.4) is 0 Å². The molecule has 0 saturated heterocycles. The number of rotatable bonds is 6. The normalized spacial score (nSPS) is 14.9. The first-order chi connectivity index (χ1) is 9.83. The number of aromatic nitrogens is 1. The molecule has 1 aliphatic carbocycles. The van der Waals surface area contributed by atoms with Gasteiger partial charge in [0.1, 0.15) is 5.82 Å². The molecule has 116 valence electrons. The highest BCUT2D eigenvalue weighted by Gasteiger charge is 2.23. The lowest BCUT2D eigenvalue weighted by atomic mass is 10.1. The van der Waals surface area contributed by atoms with E-state index in [1.165, 1.54) is 0 Å². The largest absolute Gasteiger partial charge is 0.352 e. The molecule has 2 rings (SSSR count). The van der Waals surface area contributed by atoms with Gasteiger partial charge in [0.15, 0.2) is 0 Å². The average molecular weight is 290 g/mol. The number of nitrogens with zero attached hydrogens (tertiary/aromatic N) is 2. The molecule has 1 fully saturated rings. The van der Waals surface area contributed by atoms with Gasteiger partial charge in [0, 0.05) is 31.4 Å². The molecular formula is C16H26N4O. The van der Waals surface area contributed by atoms with E-state index >= 15 is 0 Å². The van der Waals surface area contributed by atoms with Gasteiger partial charge in [-0.15, -0.1) is 0 Å². The minimum atomic E-state index is 0.0697. The fraction of sp³-hybridized carbons (Fsp3) is 0.625. The van der Waals surface area contributed by atoms with Crippen molar-refractivity contribution < 1.29 is 4.79 Å². The fourth-order valence-electron chi connectivity index (χ4n) is 1.91. The summed E-state index contributed by atoms with van der Waals surface area (Å²) in [5.74, 6) is 0.890. The van der Waals surface area contributed by atoms with Gasteiger partial charge >= 0.3 is 0 Å². The maximum Gasteiger partial charge on any atom is 0.239 e. The molecule has 1 saturated carbocycles. The summed E-state index contributed by atoms with van der Waals surface area (Å²) in [6.07, 6.45) is 4.09. The number of carbonyl (C=O) groups is 1. The molecule has 5 heteroatoms. The molecule has 1 aliphatic rings. The molecule has 0 unspecified atom stereocenters. The number of pyridine rings is 1. The first-order valence-electron chi connectivity index (χ1n) is 7.54. The molecule has 0 bridgehead atoms. The number of anilines is 1. The quantitative estimate of drug-likeness (QED) is 0.837. The molecule has 21 heavy (non-hydrogen) atoms. The molecule has 1 aromatic rings. The summed E-state index contributed by atoms with van der Waals surface area (Å²) in [7, 11) is 1.89. The van der Waals surface area contributed by atoms with E-state index in [1.807, 2.05) is 24.2 Å². The van der Waals surface area contributed by atoms with Gasteiger partial charge in [0.05, 0.1) is 6.54 Å². The second-order valence-corrected chi connectivity index (χ2v) is 6.83. The lowest BCUT2D eigenvalue weighted by molar-refractivity contribution is -0.119. The van der Waals surface area contributed by atoms with Crippen molar-refractivity contribution in [3.63, 3.8) is 0 Å². The second-order valence-electron chi connectivity index (χ2n) is 6.83. The van der Waals surface area contributed by atoms with Crippen LogP contribution in [0.25, 0.3) is 0 Å². The van der Waals surface area contributed by atoms with Crippen molar-refractivity contribution in [2.45, 2.75) is 51.7 Å². The zero-order valence-electron chi connectivity index (χ0n) is 13.4. The molecular weight excluding hydrogens is 264 g/mol. The maximum absolute atomic E-state index is 11.8.